The lowest BCUT2D eigenvalue weighted by Crippen LogP contribution is -2.06. The summed E-state index contributed by atoms with van der Waals surface area (Å²) in [4.78, 5) is 10.0. The van der Waals surface area contributed by atoms with Crippen LogP contribution in [0.2, 0.25) is 0 Å². The highest BCUT2D eigenvalue weighted by Gasteiger charge is 2.19. The molecular formula is C9H7ClFN5O2. The second kappa shape index (κ2) is 4.65. The predicted molar refractivity (Wildman–Crippen MR) is 60.0 cm³/mol. The van der Waals surface area contributed by atoms with Gasteiger partial charge < -0.3 is 0 Å². The van der Waals surface area contributed by atoms with E-state index in [9.17, 15) is 14.5 Å². The molecule has 2 rings (SSSR count). The molecule has 0 saturated heterocycles. The molecule has 0 amide bonds. The molecule has 0 fully saturated rings. The third kappa shape index (κ3) is 2.14. The first kappa shape index (κ1) is 12.4. The van der Waals surface area contributed by atoms with Crippen molar-refractivity contribution < 1.29 is 9.31 Å². The average molecular weight is 272 g/mol. The van der Waals surface area contributed by atoms with Crippen molar-refractivity contribution in [3.8, 4) is 5.69 Å². The van der Waals surface area contributed by atoms with E-state index >= 15 is 0 Å². The van der Waals surface area contributed by atoms with Crippen LogP contribution in [0.15, 0.2) is 18.2 Å². The Morgan fingerprint density at radius 1 is 1.56 bits per heavy atom. The molecule has 0 radical (unpaired) electrons. The van der Waals surface area contributed by atoms with Crippen molar-refractivity contribution in [1.29, 1.82) is 0 Å². The van der Waals surface area contributed by atoms with Gasteiger partial charge in [0.15, 0.2) is 5.82 Å². The summed E-state index contributed by atoms with van der Waals surface area (Å²) >= 11 is 5.83. The first-order valence-corrected chi connectivity index (χ1v) is 5.31. The summed E-state index contributed by atoms with van der Waals surface area (Å²) in [6.45, 7) is 1.61. The fourth-order valence-corrected chi connectivity index (χ4v) is 1.53. The topological polar surface area (TPSA) is 86.7 Å². The quantitative estimate of drug-likeness (QED) is 0.484. The summed E-state index contributed by atoms with van der Waals surface area (Å²) in [6.07, 6.45) is 0. The van der Waals surface area contributed by atoms with Crippen LogP contribution in [-0.2, 0) is 0 Å². The molecule has 1 atom stereocenters. The number of halogens is 2. The molecule has 0 aliphatic carbocycles. The van der Waals surface area contributed by atoms with Crippen LogP contribution >= 0.6 is 11.6 Å². The molecular weight excluding hydrogens is 265 g/mol. The lowest BCUT2D eigenvalue weighted by Gasteiger charge is -2.06. The van der Waals surface area contributed by atoms with Gasteiger partial charge in [-0.05, 0) is 23.4 Å². The molecule has 0 aliphatic rings. The van der Waals surface area contributed by atoms with Crippen LogP contribution in [0.4, 0.5) is 10.1 Å². The number of rotatable bonds is 3. The van der Waals surface area contributed by atoms with Crippen molar-refractivity contribution in [3.63, 3.8) is 0 Å². The fourth-order valence-electron chi connectivity index (χ4n) is 1.39. The summed E-state index contributed by atoms with van der Waals surface area (Å²) in [5, 5.41) is 20.7. The molecule has 1 aromatic heterocycles. The van der Waals surface area contributed by atoms with Gasteiger partial charge in [-0.3, -0.25) is 10.1 Å². The van der Waals surface area contributed by atoms with Crippen molar-refractivity contribution in [2.45, 2.75) is 12.3 Å². The third-order valence-electron chi connectivity index (χ3n) is 2.22. The fraction of sp³-hybridized carbons (Fsp3) is 0.222. The molecule has 1 aromatic carbocycles. The molecule has 18 heavy (non-hydrogen) atoms. The minimum Gasteiger partial charge on any atom is -0.258 e. The SMILES string of the molecule is CC(Cl)c1nnnn1-c1cc([N+](=O)[O-])ccc1F. The van der Waals surface area contributed by atoms with Gasteiger partial charge in [-0.25, -0.2) is 4.39 Å². The smallest absolute Gasteiger partial charge is 0.258 e. The second-order valence-electron chi connectivity index (χ2n) is 3.46. The van der Waals surface area contributed by atoms with Crippen molar-refractivity contribution in [3.05, 3.63) is 40.0 Å². The summed E-state index contributed by atoms with van der Waals surface area (Å²) in [5.74, 6) is -0.470. The van der Waals surface area contributed by atoms with Gasteiger partial charge in [-0.1, -0.05) is 0 Å². The van der Waals surface area contributed by atoms with Gasteiger partial charge in [0, 0.05) is 12.1 Å². The van der Waals surface area contributed by atoms with E-state index in [2.05, 4.69) is 15.5 Å². The van der Waals surface area contributed by atoms with Crippen molar-refractivity contribution in [2.24, 2.45) is 0 Å². The molecule has 0 saturated carbocycles. The zero-order chi connectivity index (χ0) is 13.3. The Morgan fingerprint density at radius 2 is 2.28 bits per heavy atom. The normalized spacial score (nSPS) is 12.4. The summed E-state index contributed by atoms with van der Waals surface area (Å²) in [6, 6.07) is 3.10. The number of nitro benzene ring substituents is 1. The number of aromatic nitrogens is 4. The van der Waals surface area contributed by atoms with E-state index in [1.54, 1.807) is 6.92 Å². The molecule has 0 spiro atoms. The van der Waals surface area contributed by atoms with Gasteiger partial charge >= 0.3 is 0 Å². The highest BCUT2D eigenvalue weighted by Crippen LogP contribution is 2.24. The Bertz CT molecular complexity index is 600. The predicted octanol–water partition coefficient (Wildman–Crippen LogP) is 2.01. The second-order valence-corrected chi connectivity index (χ2v) is 4.11. The number of tetrazole rings is 1. The first-order chi connectivity index (χ1) is 8.50. The molecule has 7 nitrogen and oxygen atoms in total. The number of nitrogens with zero attached hydrogens (tertiary/aromatic N) is 5. The summed E-state index contributed by atoms with van der Waals surface area (Å²) < 4.78 is 14.7. The van der Waals surface area contributed by atoms with E-state index in [0.717, 1.165) is 22.9 Å². The number of alkyl halides is 1. The Labute approximate surface area is 105 Å². The number of benzene rings is 1. The highest BCUT2D eigenvalue weighted by molar-refractivity contribution is 6.20. The summed E-state index contributed by atoms with van der Waals surface area (Å²) in [7, 11) is 0. The minimum atomic E-state index is -0.675. The monoisotopic (exact) mass is 271 g/mol. The average Bonchev–Trinajstić information content (AvgIpc) is 2.78. The lowest BCUT2D eigenvalue weighted by atomic mass is 10.2. The maximum Gasteiger partial charge on any atom is 0.271 e. The van der Waals surface area contributed by atoms with Crippen LogP contribution in [0, 0.1) is 15.9 Å². The summed E-state index contributed by atoms with van der Waals surface area (Å²) in [5.41, 5.74) is -0.369. The molecule has 1 heterocycles. The highest BCUT2D eigenvalue weighted by atomic mass is 35.5. The maximum atomic E-state index is 13.7. The van der Waals surface area contributed by atoms with Crippen LogP contribution in [0.5, 0.6) is 0 Å². The van der Waals surface area contributed by atoms with E-state index in [1.807, 2.05) is 0 Å². The lowest BCUT2D eigenvalue weighted by molar-refractivity contribution is -0.384. The van der Waals surface area contributed by atoms with Gasteiger partial charge in [0.1, 0.15) is 11.5 Å². The zero-order valence-electron chi connectivity index (χ0n) is 9.12. The van der Waals surface area contributed by atoms with Crippen LogP contribution < -0.4 is 0 Å². The van der Waals surface area contributed by atoms with Gasteiger partial charge in [-0.15, -0.1) is 16.7 Å². The Hall–Kier alpha value is -2.09. The van der Waals surface area contributed by atoms with E-state index in [1.165, 1.54) is 0 Å². The van der Waals surface area contributed by atoms with Crippen molar-refractivity contribution in [2.75, 3.05) is 0 Å². The molecule has 2 aromatic rings. The largest absolute Gasteiger partial charge is 0.271 e. The van der Waals surface area contributed by atoms with Crippen molar-refractivity contribution in [1.82, 2.24) is 20.2 Å². The Kier molecular flexibility index (Phi) is 3.19. The number of hydrogen-bond acceptors (Lipinski definition) is 5. The van der Waals surface area contributed by atoms with Gasteiger partial charge in [0.2, 0.25) is 0 Å². The van der Waals surface area contributed by atoms with E-state index < -0.39 is 16.1 Å². The van der Waals surface area contributed by atoms with E-state index in [4.69, 9.17) is 11.6 Å². The molecule has 9 heteroatoms. The maximum absolute atomic E-state index is 13.7. The minimum absolute atomic E-state index is 0.114. The Morgan fingerprint density at radius 3 is 2.89 bits per heavy atom. The molecule has 1 unspecified atom stereocenters. The standard InChI is InChI=1S/C9H7ClFN5O2/c1-5(10)9-12-13-14-15(9)8-4-6(16(17)18)2-3-7(8)11/h2-5H,1H3. The molecule has 0 bridgehead atoms. The van der Waals surface area contributed by atoms with Gasteiger partial charge in [-0.2, -0.15) is 4.68 Å². The van der Waals surface area contributed by atoms with Gasteiger partial charge in [0.05, 0.1) is 10.3 Å². The molecule has 94 valence electrons. The molecule has 0 aliphatic heterocycles. The first-order valence-electron chi connectivity index (χ1n) is 4.87. The van der Waals surface area contributed by atoms with Gasteiger partial charge in [0.25, 0.3) is 5.69 Å². The number of non-ortho nitro benzene ring substituents is 1. The zero-order valence-corrected chi connectivity index (χ0v) is 9.87. The van der Waals surface area contributed by atoms with Crippen LogP contribution in [-0.4, -0.2) is 25.1 Å². The van der Waals surface area contributed by atoms with E-state index in [-0.39, 0.29) is 17.2 Å². The number of hydrogen-bond donors (Lipinski definition) is 0. The van der Waals surface area contributed by atoms with Crippen LogP contribution in [0.25, 0.3) is 5.69 Å². The van der Waals surface area contributed by atoms with Crippen LogP contribution in [0.1, 0.15) is 18.1 Å². The number of nitro groups is 1. The van der Waals surface area contributed by atoms with Crippen LogP contribution in [0.3, 0.4) is 0 Å². The van der Waals surface area contributed by atoms with Crippen molar-refractivity contribution >= 4 is 17.3 Å². The third-order valence-corrected chi connectivity index (χ3v) is 2.41. The Balaban J connectivity index is 2.59. The van der Waals surface area contributed by atoms with E-state index in [0.29, 0.717) is 0 Å². The molecule has 0 N–H and O–H groups in total.